The largest absolute Gasteiger partial charge is 0.359 e. The van der Waals surface area contributed by atoms with E-state index in [1.165, 1.54) is 10.4 Å². The number of rotatable bonds is 5. The molecule has 0 saturated carbocycles. The van der Waals surface area contributed by atoms with E-state index < -0.39 is 5.41 Å². The average Bonchev–Trinajstić information content (AvgIpc) is 3.34. The van der Waals surface area contributed by atoms with E-state index in [-0.39, 0.29) is 11.8 Å². The molecule has 0 aliphatic carbocycles. The molecule has 1 aliphatic rings. The smallest absolute Gasteiger partial charge is 0.253 e. The number of aromatic nitrogens is 1. The fraction of sp³-hybridized carbons (Fsp3) is 0.292. The third-order valence-electron chi connectivity index (χ3n) is 5.95. The quantitative estimate of drug-likeness (QED) is 0.679. The number of hydrogen-bond donors (Lipinski definition) is 1. The van der Waals surface area contributed by atoms with E-state index in [9.17, 15) is 9.59 Å². The van der Waals surface area contributed by atoms with Gasteiger partial charge in [-0.05, 0) is 54.0 Å². The maximum absolute atomic E-state index is 12.9. The molecule has 0 atom stereocenters. The summed E-state index contributed by atoms with van der Waals surface area (Å²) in [6, 6.07) is 16.1. The van der Waals surface area contributed by atoms with Gasteiger partial charge in [-0.25, -0.2) is 0 Å². The van der Waals surface area contributed by atoms with Crippen LogP contribution >= 0.6 is 11.3 Å². The molecule has 3 aromatic rings. The number of hydrogen-bond acceptors (Lipinski definition) is 4. The molecule has 4 rings (SSSR count). The molecule has 5 nitrogen and oxygen atoms in total. The lowest BCUT2D eigenvalue weighted by molar-refractivity contribution is -0.133. The van der Waals surface area contributed by atoms with Crippen molar-refractivity contribution in [3.8, 4) is 10.4 Å². The van der Waals surface area contributed by atoms with E-state index in [0.717, 1.165) is 5.56 Å². The maximum Gasteiger partial charge on any atom is 0.253 e. The molecule has 1 saturated heterocycles. The number of benzene rings is 1. The number of carbonyl (C=O) groups is 2. The van der Waals surface area contributed by atoms with Crippen LogP contribution in [0.4, 0.5) is 0 Å². The van der Waals surface area contributed by atoms with Gasteiger partial charge in [-0.3, -0.25) is 14.6 Å². The van der Waals surface area contributed by atoms with Gasteiger partial charge in [-0.2, -0.15) is 0 Å². The van der Waals surface area contributed by atoms with Gasteiger partial charge in [0.05, 0.1) is 5.41 Å². The minimum Gasteiger partial charge on any atom is -0.359 e. The Morgan fingerprint density at radius 3 is 2.37 bits per heavy atom. The summed E-state index contributed by atoms with van der Waals surface area (Å²) in [7, 11) is 1.69. The van der Waals surface area contributed by atoms with Crippen molar-refractivity contribution in [2.45, 2.75) is 19.3 Å². The van der Waals surface area contributed by atoms with E-state index >= 15 is 0 Å². The topological polar surface area (TPSA) is 62.3 Å². The molecule has 0 radical (unpaired) electrons. The Balaban J connectivity index is 1.48. The first kappa shape index (κ1) is 20.3. The van der Waals surface area contributed by atoms with Crippen molar-refractivity contribution in [1.29, 1.82) is 0 Å². The standard InChI is InChI=1S/C24H25N3O2S/c1-25-23(29)24(17-18-4-6-19(7-5-18)21-3-2-16-30-21)10-14-27(15-11-24)22(28)20-8-12-26-13-9-20/h2-9,12-13,16H,10-11,14-15,17H2,1H3,(H,25,29). The van der Waals surface area contributed by atoms with E-state index in [2.05, 4.69) is 52.1 Å². The molecule has 1 N–H and O–H groups in total. The molecule has 1 aromatic carbocycles. The number of piperidine rings is 1. The van der Waals surface area contributed by atoms with Crippen molar-refractivity contribution < 1.29 is 9.59 Å². The highest BCUT2D eigenvalue weighted by molar-refractivity contribution is 7.13. The van der Waals surface area contributed by atoms with E-state index in [0.29, 0.717) is 37.9 Å². The third kappa shape index (κ3) is 4.14. The predicted molar refractivity (Wildman–Crippen MR) is 119 cm³/mol. The molecule has 2 aromatic heterocycles. The second-order valence-corrected chi connectivity index (χ2v) is 8.69. The Morgan fingerprint density at radius 1 is 1.07 bits per heavy atom. The van der Waals surface area contributed by atoms with Crippen LogP contribution in [0.3, 0.4) is 0 Å². The summed E-state index contributed by atoms with van der Waals surface area (Å²) in [5.74, 6) is 0.0593. The number of amides is 2. The van der Waals surface area contributed by atoms with Gasteiger partial charge in [0.25, 0.3) is 5.91 Å². The zero-order chi connectivity index (χ0) is 21.0. The second kappa shape index (κ2) is 8.79. The van der Waals surface area contributed by atoms with Gasteiger partial charge in [0.15, 0.2) is 0 Å². The highest BCUT2D eigenvalue weighted by atomic mass is 32.1. The summed E-state index contributed by atoms with van der Waals surface area (Å²) in [4.78, 5) is 32.7. The van der Waals surface area contributed by atoms with Crippen molar-refractivity contribution >= 4 is 23.2 Å². The van der Waals surface area contributed by atoms with Gasteiger partial charge in [0.2, 0.25) is 5.91 Å². The summed E-state index contributed by atoms with van der Waals surface area (Å²) >= 11 is 1.72. The third-order valence-corrected chi connectivity index (χ3v) is 6.86. The molecule has 154 valence electrons. The lowest BCUT2D eigenvalue weighted by atomic mass is 9.72. The summed E-state index contributed by atoms with van der Waals surface area (Å²) in [6.07, 6.45) is 5.23. The average molecular weight is 420 g/mol. The normalized spacial score (nSPS) is 15.6. The van der Waals surface area contributed by atoms with Crippen LogP contribution in [-0.2, 0) is 11.2 Å². The van der Waals surface area contributed by atoms with Gasteiger partial charge in [-0.15, -0.1) is 11.3 Å². The van der Waals surface area contributed by atoms with E-state index in [1.54, 1.807) is 42.9 Å². The Bertz CT molecular complexity index is 993. The molecule has 6 heteroatoms. The second-order valence-electron chi connectivity index (χ2n) is 7.74. The van der Waals surface area contributed by atoms with Gasteiger partial charge < -0.3 is 10.2 Å². The van der Waals surface area contributed by atoms with Crippen LogP contribution in [0, 0.1) is 5.41 Å². The first-order chi connectivity index (χ1) is 14.6. The van der Waals surface area contributed by atoms with Gasteiger partial charge >= 0.3 is 0 Å². The Hall–Kier alpha value is -2.99. The van der Waals surface area contributed by atoms with Crippen LogP contribution in [0.1, 0.15) is 28.8 Å². The van der Waals surface area contributed by atoms with Crippen molar-refractivity contribution in [1.82, 2.24) is 15.2 Å². The summed E-state index contributed by atoms with van der Waals surface area (Å²) in [5.41, 5.74) is 2.49. The molecule has 0 spiro atoms. The van der Waals surface area contributed by atoms with E-state index in [1.807, 2.05) is 4.90 Å². The SMILES string of the molecule is CNC(=O)C1(Cc2ccc(-c3cccs3)cc2)CCN(C(=O)c2ccncc2)CC1. The number of carbonyl (C=O) groups excluding carboxylic acids is 2. The number of pyridine rings is 1. The molecule has 0 bridgehead atoms. The number of nitrogens with zero attached hydrogens (tertiary/aromatic N) is 2. The Labute approximate surface area is 180 Å². The first-order valence-electron chi connectivity index (χ1n) is 10.2. The van der Waals surface area contributed by atoms with Crippen LogP contribution in [0.15, 0.2) is 66.3 Å². The lowest BCUT2D eigenvalue weighted by Crippen LogP contribution is -2.50. The fourth-order valence-corrected chi connectivity index (χ4v) is 4.92. The summed E-state index contributed by atoms with van der Waals surface area (Å²) in [6.45, 7) is 1.14. The number of thiophene rings is 1. The Morgan fingerprint density at radius 2 is 1.77 bits per heavy atom. The van der Waals surface area contributed by atoms with Crippen molar-refractivity contribution in [2.75, 3.05) is 20.1 Å². The highest BCUT2D eigenvalue weighted by Gasteiger charge is 2.41. The minimum absolute atomic E-state index is 0.00297. The van der Waals surface area contributed by atoms with Gasteiger partial charge in [0, 0.05) is 43.0 Å². The molecule has 30 heavy (non-hydrogen) atoms. The lowest BCUT2D eigenvalue weighted by Gasteiger charge is -2.40. The van der Waals surface area contributed by atoms with Crippen LogP contribution in [-0.4, -0.2) is 41.8 Å². The highest BCUT2D eigenvalue weighted by Crippen LogP contribution is 2.36. The van der Waals surface area contributed by atoms with Crippen molar-refractivity contribution in [3.05, 3.63) is 77.4 Å². The molecule has 2 amide bonds. The van der Waals surface area contributed by atoms with Crippen molar-refractivity contribution in [3.63, 3.8) is 0 Å². The van der Waals surface area contributed by atoms with Crippen LogP contribution < -0.4 is 5.32 Å². The van der Waals surface area contributed by atoms with Gasteiger partial charge in [-0.1, -0.05) is 30.3 Å². The number of likely N-dealkylation sites (tertiary alicyclic amines) is 1. The molecule has 1 aliphatic heterocycles. The molecule has 3 heterocycles. The summed E-state index contributed by atoms with van der Waals surface area (Å²) < 4.78 is 0. The van der Waals surface area contributed by atoms with Crippen LogP contribution in [0.25, 0.3) is 10.4 Å². The Kier molecular flexibility index (Phi) is 5.95. The molecule has 1 fully saturated rings. The van der Waals surface area contributed by atoms with Gasteiger partial charge in [0.1, 0.15) is 0 Å². The molecular formula is C24H25N3O2S. The molecular weight excluding hydrogens is 394 g/mol. The van der Waals surface area contributed by atoms with Crippen molar-refractivity contribution in [2.24, 2.45) is 5.41 Å². The fourth-order valence-electron chi connectivity index (χ4n) is 4.18. The van der Waals surface area contributed by atoms with Crippen LogP contribution in [0.5, 0.6) is 0 Å². The summed E-state index contributed by atoms with van der Waals surface area (Å²) in [5, 5.41) is 4.93. The first-order valence-corrected chi connectivity index (χ1v) is 11.0. The minimum atomic E-state index is -0.492. The molecule has 0 unspecified atom stereocenters. The number of nitrogens with one attached hydrogen (secondary N) is 1. The zero-order valence-corrected chi connectivity index (χ0v) is 17.8. The van der Waals surface area contributed by atoms with E-state index in [4.69, 9.17) is 0 Å². The monoisotopic (exact) mass is 419 g/mol. The van der Waals surface area contributed by atoms with Crippen LogP contribution in [0.2, 0.25) is 0 Å². The maximum atomic E-state index is 12.9. The predicted octanol–water partition coefficient (Wildman–Crippen LogP) is 4.02. The zero-order valence-electron chi connectivity index (χ0n) is 17.0.